The van der Waals surface area contributed by atoms with Crippen molar-refractivity contribution in [2.24, 2.45) is 5.73 Å². The molecule has 260 valence electrons. The third-order valence-electron chi connectivity index (χ3n) is 8.10. The van der Waals surface area contributed by atoms with Gasteiger partial charge in [-0.1, -0.05) is 24.3 Å². The molecule has 17 heteroatoms. The third kappa shape index (κ3) is 8.51. The number of benzene rings is 2. The first-order valence-electron chi connectivity index (χ1n) is 14.9. The maximum absolute atomic E-state index is 14.1. The molecule has 3 unspecified atom stereocenters. The number of phenolic OH excluding ortho intramolecular Hbond substituents is 2. The van der Waals surface area contributed by atoms with Crippen molar-refractivity contribution in [3.8, 4) is 11.5 Å². The van der Waals surface area contributed by atoms with Crippen molar-refractivity contribution in [3.63, 3.8) is 0 Å². The summed E-state index contributed by atoms with van der Waals surface area (Å²) in [5.41, 5.74) is 6.82. The van der Waals surface area contributed by atoms with E-state index in [0.717, 1.165) is 11.8 Å². The number of amides is 3. The first-order valence-corrected chi connectivity index (χ1v) is 16.7. The van der Waals surface area contributed by atoms with Crippen LogP contribution in [0.15, 0.2) is 48.5 Å². The van der Waals surface area contributed by atoms with Crippen LogP contribution in [0.4, 0.5) is 0 Å². The molecule has 2 heterocycles. The highest BCUT2D eigenvalue weighted by atomic mass is 32.2. The van der Waals surface area contributed by atoms with Gasteiger partial charge in [0.25, 0.3) is 0 Å². The van der Waals surface area contributed by atoms with Gasteiger partial charge in [0.1, 0.15) is 41.7 Å². The number of hydrogen-bond acceptors (Lipinski definition) is 12. The minimum atomic E-state index is -1.43. The number of aliphatic carboxylic acids is 2. The molecule has 0 aliphatic carbocycles. The second kappa shape index (κ2) is 14.6. The Morgan fingerprint density at radius 1 is 0.750 bits per heavy atom. The van der Waals surface area contributed by atoms with Gasteiger partial charge >= 0.3 is 11.9 Å². The van der Waals surface area contributed by atoms with Gasteiger partial charge in [-0.3, -0.25) is 34.6 Å². The van der Waals surface area contributed by atoms with Crippen molar-refractivity contribution in [1.82, 2.24) is 26.6 Å². The lowest BCUT2D eigenvalue weighted by atomic mass is 10.0. The number of nitrogens with one attached hydrogen (secondary N) is 5. The summed E-state index contributed by atoms with van der Waals surface area (Å²) in [6.45, 7) is 6.92. The smallest absolute Gasteiger partial charge is 0.322 e. The SMILES string of the molecule is CC1(C)S[C@H](CNC(=O)C(NC(=O)C(NC(=O)C(N)c2ccc(O)cc2)[C@@H]2N[C@@H](C(=O)O)C(C)(C)S2)c2ccc(O)cc2)N[C@H]1C(=O)O. The molecule has 3 amide bonds. The number of carbonyl (C=O) groups excluding carboxylic acids is 3. The maximum atomic E-state index is 14.1. The molecule has 0 bridgehead atoms. The van der Waals surface area contributed by atoms with Crippen LogP contribution in [-0.2, 0) is 24.0 Å². The van der Waals surface area contributed by atoms with Gasteiger partial charge in [-0.05, 0) is 63.1 Å². The van der Waals surface area contributed by atoms with E-state index in [4.69, 9.17) is 5.73 Å². The molecule has 2 aliphatic heterocycles. The fourth-order valence-electron chi connectivity index (χ4n) is 5.50. The number of carboxylic acids is 2. The van der Waals surface area contributed by atoms with Gasteiger partial charge in [0.2, 0.25) is 17.7 Å². The van der Waals surface area contributed by atoms with Gasteiger partial charge in [0.15, 0.2) is 0 Å². The summed E-state index contributed by atoms with van der Waals surface area (Å²) in [4.78, 5) is 64.9. The highest BCUT2D eigenvalue weighted by molar-refractivity contribution is 8.01. The number of rotatable bonds is 12. The van der Waals surface area contributed by atoms with E-state index < -0.39 is 80.1 Å². The van der Waals surface area contributed by atoms with Crippen LogP contribution in [0.3, 0.4) is 0 Å². The molecule has 2 aromatic carbocycles. The molecule has 2 aromatic rings. The van der Waals surface area contributed by atoms with E-state index in [9.17, 15) is 44.4 Å². The largest absolute Gasteiger partial charge is 0.508 e. The van der Waals surface area contributed by atoms with E-state index in [2.05, 4.69) is 26.6 Å². The quantitative estimate of drug-likeness (QED) is 0.143. The number of thioether (sulfide) groups is 2. The van der Waals surface area contributed by atoms with Crippen molar-refractivity contribution in [2.75, 3.05) is 6.54 Å². The average molecular weight is 705 g/mol. The van der Waals surface area contributed by atoms with E-state index in [1.807, 2.05) is 0 Å². The zero-order valence-electron chi connectivity index (χ0n) is 26.6. The number of hydrogen-bond donors (Lipinski definition) is 10. The van der Waals surface area contributed by atoms with Crippen molar-refractivity contribution < 1.29 is 44.4 Å². The molecule has 11 N–H and O–H groups in total. The minimum Gasteiger partial charge on any atom is -0.508 e. The fourth-order valence-corrected chi connectivity index (χ4v) is 8.40. The number of carbonyl (C=O) groups is 5. The van der Waals surface area contributed by atoms with E-state index in [-0.39, 0.29) is 23.6 Å². The molecule has 2 fully saturated rings. The van der Waals surface area contributed by atoms with Crippen LogP contribution in [0.1, 0.15) is 50.9 Å². The number of phenols is 2. The summed E-state index contributed by atoms with van der Waals surface area (Å²) < 4.78 is -1.56. The normalized spacial score (nSPS) is 24.5. The Labute approximate surface area is 285 Å². The lowest BCUT2D eigenvalue weighted by Crippen LogP contribution is -2.59. The van der Waals surface area contributed by atoms with Gasteiger partial charge in [-0.15, -0.1) is 23.5 Å². The van der Waals surface area contributed by atoms with Gasteiger partial charge in [-0.2, -0.15) is 0 Å². The van der Waals surface area contributed by atoms with Gasteiger partial charge in [0, 0.05) is 16.0 Å². The molecular formula is C31H40N6O9S2. The molecule has 2 aliphatic rings. The topological polar surface area (TPSA) is 252 Å². The van der Waals surface area contributed by atoms with Crippen LogP contribution in [-0.4, -0.2) is 95.0 Å². The first kappa shape index (κ1) is 36.8. The second-order valence-corrected chi connectivity index (χ2v) is 16.2. The molecule has 0 saturated carbocycles. The van der Waals surface area contributed by atoms with Crippen LogP contribution < -0.4 is 32.3 Å². The zero-order chi connectivity index (χ0) is 35.6. The standard InChI is InChI=1S/C31H40N6O9S2/c1-30(2)22(28(43)44)34-18(47-30)13-33-25(41)20(15-7-11-17(39)12-8-15)35-26(42)21(27-37-23(29(45)46)31(3,4)48-27)36-24(40)19(32)14-5-9-16(38)10-6-14/h5-12,18-23,27,34,37-39H,13,32H2,1-4H3,(H,33,41)(H,35,42)(H,36,40)(H,43,44)(H,45,46)/t18-,19?,20?,21?,22+,23+,27-/m1/s1. The Morgan fingerprint density at radius 3 is 1.75 bits per heavy atom. The monoisotopic (exact) mass is 704 g/mol. The summed E-state index contributed by atoms with van der Waals surface area (Å²) >= 11 is 2.46. The number of carboxylic acid groups (broad SMARTS) is 2. The zero-order valence-corrected chi connectivity index (χ0v) is 28.2. The van der Waals surface area contributed by atoms with E-state index >= 15 is 0 Å². The molecule has 0 spiro atoms. The fraction of sp³-hybridized carbons (Fsp3) is 0.452. The Balaban J connectivity index is 1.59. The summed E-state index contributed by atoms with van der Waals surface area (Å²) in [5.74, 6) is -4.57. The van der Waals surface area contributed by atoms with Crippen molar-refractivity contribution in [2.45, 2.75) is 78.1 Å². The van der Waals surface area contributed by atoms with E-state index in [1.54, 1.807) is 27.7 Å². The second-order valence-electron chi connectivity index (χ2n) is 12.6. The Kier molecular flexibility index (Phi) is 11.2. The lowest BCUT2D eigenvalue weighted by Gasteiger charge is -2.28. The van der Waals surface area contributed by atoms with Gasteiger partial charge in [-0.25, -0.2) is 0 Å². The predicted octanol–water partition coefficient (Wildman–Crippen LogP) is 0.345. The Morgan fingerprint density at radius 2 is 1.25 bits per heavy atom. The molecule has 7 atom stereocenters. The van der Waals surface area contributed by atoms with Crippen molar-refractivity contribution >= 4 is 53.2 Å². The summed E-state index contributed by atoms with van der Waals surface area (Å²) in [5, 5.41) is 51.4. The van der Waals surface area contributed by atoms with Crippen LogP contribution >= 0.6 is 23.5 Å². The molecule has 2 saturated heterocycles. The summed E-state index contributed by atoms with van der Waals surface area (Å²) in [6, 6.07) is 5.17. The minimum absolute atomic E-state index is 0.0112. The summed E-state index contributed by atoms with van der Waals surface area (Å²) in [6.07, 6.45) is 0. The van der Waals surface area contributed by atoms with Crippen LogP contribution in [0.25, 0.3) is 0 Å². The Hall–Kier alpha value is -4.03. The van der Waals surface area contributed by atoms with Crippen molar-refractivity contribution in [1.29, 1.82) is 0 Å². The Bertz CT molecular complexity index is 1540. The van der Waals surface area contributed by atoms with E-state index in [1.165, 1.54) is 60.3 Å². The number of aromatic hydroxyl groups is 2. The van der Waals surface area contributed by atoms with E-state index in [0.29, 0.717) is 5.56 Å². The number of nitrogens with two attached hydrogens (primary N) is 1. The average Bonchev–Trinajstić information content (AvgIpc) is 3.51. The predicted molar refractivity (Wildman–Crippen MR) is 179 cm³/mol. The lowest BCUT2D eigenvalue weighted by molar-refractivity contribution is -0.141. The molecule has 0 radical (unpaired) electrons. The van der Waals surface area contributed by atoms with Crippen LogP contribution in [0, 0.1) is 0 Å². The van der Waals surface area contributed by atoms with Crippen molar-refractivity contribution in [3.05, 3.63) is 59.7 Å². The highest BCUT2D eigenvalue weighted by Gasteiger charge is 2.50. The summed E-state index contributed by atoms with van der Waals surface area (Å²) in [7, 11) is 0. The molecule has 15 nitrogen and oxygen atoms in total. The molecule has 48 heavy (non-hydrogen) atoms. The van der Waals surface area contributed by atoms with Gasteiger partial charge in [0.05, 0.1) is 10.7 Å². The third-order valence-corrected chi connectivity index (χ3v) is 11.0. The molecular weight excluding hydrogens is 665 g/mol. The molecule has 0 aromatic heterocycles. The first-order chi connectivity index (χ1) is 22.4. The maximum Gasteiger partial charge on any atom is 0.322 e. The van der Waals surface area contributed by atoms with Crippen LogP contribution in [0.2, 0.25) is 0 Å². The van der Waals surface area contributed by atoms with Gasteiger partial charge < -0.3 is 42.1 Å². The highest BCUT2D eigenvalue weighted by Crippen LogP contribution is 2.40. The molecule has 4 rings (SSSR count). The van der Waals surface area contributed by atoms with Crippen LogP contribution in [0.5, 0.6) is 11.5 Å².